The molecule has 278 valence electrons. The molecule has 0 saturated carbocycles. The molecule has 9 nitrogen and oxygen atoms in total. The van der Waals surface area contributed by atoms with Gasteiger partial charge in [0.1, 0.15) is 17.0 Å². The summed E-state index contributed by atoms with van der Waals surface area (Å²) in [7, 11) is 0. The van der Waals surface area contributed by atoms with Crippen LogP contribution in [0.3, 0.4) is 0 Å². The normalized spacial score (nSPS) is 11.3. The van der Waals surface area contributed by atoms with Gasteiger partial charge in [0.15, 0.2) is 0 Å². The first-order valence-electron chi connectivity index (χ1n) is 19.9. The maximum absolute atomic E-state index is 12.8. The molecule has 2 aromatic heterocycles. The number of rotatable bonds is 28. The second kappa shape index (κ2) is 24.6. The van der Waals surface area contributed by atoms with Crippen molar-refractivity contribution in [1.29, 1.82) is 0 Å². The highest BCUT2D eigenvalue weighted by molar-refractivity contribution is 5.93. The van der Waals surface area contributed by atoms with E-state index in [9.17, 15) is 9.59 Å². The zero-order chi connectivity index (χ0) is 35.8. The molecular formula is C41H65N5O4. The molecule has 0 saturated heterocycles. The maximum Gasteiger partial charge on any atom is 0.351 e. The largest absolute Gasteiger partial charge is 0.462 e. The van der Waals surface area contributed by atoms with Crippen molar-refractivity contribution in [1.82, 2.24) is 15.0 Å². The molecule has 0 aliphatic rings. The number of aryl methyl sites for hydroxylation is 1. The molecule has 1 N–H and O–H groups in total. The number of benzene rings is 1. The van der Waals surface area contributed by atoms with Gasteiger partial charge in [0, 0.05) is 30.2 Å². The van der Waals surface area contributed by atoms with Gasteiger partial charge in [-0.2, -0.15) is 15.0 Å². The lowest BCUT2D eigenvalue weighted by atomic mass is 10.0. The van der Waals surface area contributed by atoms with Gasteiger partial charge in [-0.15, -0.1) is 0 Å². The van der Waals surface area contributed by atoms with E-state index in [2.05, 4.69) is 41.0 Å². The fourth-order valence-corrected chi connectivity index (χ4v) is 6.26. The molecule has 50 heavy (non-hydrogen) atoms. The van der Waals surface area contributed by atoms with Crippen molar-refractivity contribution >= 4 is 34.5 Å². The molecule has 0 spiro atoms. The van der Waals surface area contributed by atoms with E-state index in [0.717, 1.165) is 58.0 Å². The van der Waals surface area contributed by atoms with Crippen molar-refractivity contribution in [3.8, 4) is 0 Å². The van der Waals surface area contributed by atoms with Crippen LogP contribution in [0.4, 0.5) is 17.6 Å². The third kappa shape index (κ3) is 15.6. The number of fused-ring (bicyclic) bond motifs is 1. The van der Waals surface area contributed by atoms with Crippen LogP contribution in [0.1, 0.15) is 172 Å². The van der Waals surface area contributed by atoms with Crippen molar-refractivity contribution < 1.29 is 13.9 Å². The van der Waals surface area contributed by atoms with E-state index in [4.69, 9.17) is 14.1 Å². The molecule has 0 aliphatic carbocycles. The number of nitrogens with zero attached hydrogens (tertiary/aromatic N) is 4. The van der Waals surface area contributed by atoms with Gasteiger partial charge in [0.05, 0.1) is 6.61 Å². The number of esters is 1. The second-order valence-corrected chi connectivity index (χ2v) is 13.8. The minimum absolute atomic E-state index is 0.0804. The monoisotopic (exact) mass is 692 g/mol. The van der Waals surface area contributed by atoms with Crippen LogP contribution in [0.25, 0.3) is 11.0 Å². The molecule has 9 heteroatoms. The van der Waals surface area contributed by atoms with Gasteiger partial charge in [-0.05, 0) is 44.4 Å². The first-order valence-corrected chi connectivity index (χ1v) is 19.9. The molecule has 0 amide bonds. The summed E-state index contributed by atoms with van der Waals surface area (Å²) in [6.07, 6.45) is 26.0. The highest BCUT2D eigenvalue weighted by atomic mass is 16.5. The summed E-state index contributed by atoms with van der Waals surface area (Å²) >= 11 is 0. The minimum atomic E-state index is -0.704. The van der Waals surface area contributed by atoms with E-state index in [-0.39, 0.29) is 5.56 Å². The van der Waals surface area contributed by atoms with E-state index < -0.39 is 11.6 Å². The lowest BCUT2D eigenvalue weighted by Crippen LogP contribution is -2.28. The lowest BCUT2D eigenvalue weighted by molar-refractivity contribution is 0.0493. The number of carbonyl (C=O) groups is 1. The van der Waals surface area contributed by atoms with Gasteiger partial charge in [-0.3, -0.25) is 0 Å². The third-order valence-electron chi connectivity index (χ3n) is 9.27. The van der Waals surface area contributed by atoms with Crippen molar-refractivity contribution in [2.75, 3.05) is 29.9 Å². The highest BCUT2D eigenvalue weighted by Crippen LogP contribution is 2.23. The van der Waals surface area contributed by atoms with E-state index in [0.29, 0.717) is 41.0 Å². The van der Waals surface area contributed by atoms with Gasteiger partial charge in [0.2, 0.25) is 11.9 Å². The summed E-state index contributed by atoms with van der Waals surface area (Å²) in [5.41, 5.74) is 0.252. The number of unbranched alkanes of at least 4 members (excludes halogenated alkanes) is 18. The fourth-order valence-electron chi connectivity index (χ4n) is 6.26. The Morgan fingerprint density at radius 3 is 1.82 bits per heavy atom. The molecule has 3 rings (SSSR count). The third-order valence-corrected chi connectivity index (χ3v) is 9.27. The zero-order valence-corrected chi connectivity index (χ0v) is 31.7. The van der Waals surface area contributed by atoms with Crippen molar-refractivity contribution in [3.05, 3.63) is 46.1 Å². The summed E-state index contributed by atoms with van der Waals surface area (Å²) in [6.45, 7) is 10.7. The van der Waals surface area contributed by atoms with Crippen LogP contribution >= 0.6 is 0 Å². The SMILES string of the molecule is CCCCCCCCCCCCCCCCCOC(=O)c1cc2ccc(Nc3nc(C)nc(N(CCCCC)CCCCC)n3)cc2oc1=O. The number of hydrogen-bond acceptors (Lipinski definition) is 9. The maximum atomic E-state index is 12.8. The number of ether oxygens (including phenoxy) is 1. The van der Waals surface area contributed by atoms with Gasteiger partial charge in [-0.25, -0.2) is 9.59 Å². The first kappa shape index (κ1) is 40.9. The summed E-state index contributed by atoms with van der Waals surface area (Å²) in [6, 6.07) is 6.94. The van der Waals surface area contributed by atoms with Crippen LogP contribution in [-0.4, -0.2) is 40.6 Å². The van der Waals surface area contributed by atoms with Crippen LogP contribution in [0.15, 0.2) is 33.5 Å². The molecular weight excluding hydrogens is 626 g/mol. The molecule has 0 atom stereocenters. The summed E-state index contributed by atoms with van der Waals surface area (Å²) in [4.78, 5) is 41.6. The molecule has 3 aromatic rings. The zero-order valence-electron chi connectivity index (χ0n) is 31.7. The molecule has 0 fully saturated rings. The molecule has 2 heterocycles. The average molecular weight is 692 g/mol. The summed E-state index contributed by atoms with van der Waals surface area (Å²) < 4.78 is 11.0. The van der Waals surface area contributed by atoms with Gasteiger partial charge < -0.3 is 19.4 Å². The molecule has 0 aliphatic heterocycles. The van der Waals surface area contributed by atoms with E-state index in [1.165, 1.54) is 89.9 Å². The Labute approximate surface area is 301 Å². The molecule has 0 radical (unpaired) electrons. The minimum Gasteiger partial charge on any atom is -0.462 e. The summed E-state index contributed by atoms with van der Waals surface area (Å²) in [5, 5.41) is 3.89. The quantitative estimate of drug-likeness (QED) is 0.0451. The van der Waals surface area contributed by atoms with Crippen LogP contribution in [0, 0.1) is 6.92 Å². The average Bonchev–Trinajstić information content (AvgIpc) is 3.10. The van der Waals surface area contributed by atoms with E-state index >= 15 is 0 Å². The van der Waals surface area contributed by atoms with Crippen molar-refractivity contribution in [2.24, 2.45) is 0 Å². The Morgan fingerprint density at radius 2 is 1.24 bits per heavy atom. The lowest BCUT2D eigenvalue weighted by Gasteiger charge is -2.23. The highest BCUT2D eigenvalue weighted by Gasteiger charge is 2.17. The fraction of sp³-hybridized carbons (Fsp3) is 0.683. The molecule has 0 bridgehead atoms. The number of nitrogens with one attached hydrogen (secondary N) is 1. The topological polar surface area (TPSA) is 110 Å². The Kier molecular flexibility index (Phi) is 20.2. The number of anilines is 3. The standard InChI is InChI=1S/C41H65N5O4/c1-5-8-11-12-13-14-15-16-17-18-19-20-21-22-25-30-49-38(47)36-31-34-26-27-35(32-37(34)50-39(36)48)44-40-42-33(4)43-41(45-40)46(28-23-9-6-2)29-24-10-7-3/h26-27,31-32H,5-25,28-30H2,1-4H3,(H,42,43,44,45). The predicted octanol–water partition coefficient (Wildman–Crippen LogP) is 11.2. The van der Waals surface area contributed by atoms with Crippen LogP contribution in [-0.2, 0) is 4.74 Å². The number of aromatic nitrogens is 3. The smallest absolute Gasteiger partial charge is 0.351 e. The van der Waals surface area contributed by atoms with E-state index in [1.807, 2.05) is 19.1 Å². The van der Waals surface area contributed by atoms with Crippen LogP contribution < -0.4 is 15.8 Å². The van der Waals surface area contributed by atoms with Crippen LogP contribution in [0.5, 0.6) is 0 Å². The number of hydrogen-bond donors (Lipinski definition) is 1. The first-order chi connectivity index (χ1) is 24.4. The Bertz CT molecular complexity index is 1430. The van der Waals surface area contributed by atoms with Gasteiger partial charge >= 0.3 is 11.6 Å². The van der Waals surface area contributed by atoms with Crippen molar-refractivity contribution in [2.45, 2.75) is 163 Å². The summed E-state index contributed by atoms with van der Waals surface area (Å²) in [5.74, 6) is 1.10. The van der Waals surface area contributed by atoms with Crippen molar-refractivity contribution in [3.63, 3.8) is 0 Å². The molecule has 1 aromatic carbocycles. The van der Waals surface area contributed by atoms with Crippen LogP contribution in [0.2, 0.25) is 0 Å². The molecule has 0 unspecified atom stereocenters. The Hall–Kier alpha value is -3.49. The number of carbonyl (C=O) groups excluding carboxylic acids is 1. The van der Waals surface area contributed by atoms with E-state index in [1.54, 1.807) is 12.1 Å². The Balaban J connectivity index is 1.43. The van der Waals surface area contributed by atoms with Gasteiger partial charge in [-0.1, -0.05) is 136 Å². The Morgan fingerprint density at radius 1 is 0.700 bits per heavy atom. The van der Waals surface area contributed by atoms with Gasteiger partial charge in [0.25, 0.3) is 0 Å². The predicted molar refractivity (Wildman–Crippen MR) is 207 cm³/mol. The second-order valence-electron chi connectivity index (χ2n) is 13.8.